The third-order valence-corrected chi connectivity index (χ3v) is 4.51. The number of carbonyl (C=O) groups excluding carboxylic acids is 2. The molecule has 1 N–H and O–H groups in total. The summed E-state index contributed by atoms with van der Waals surface area (Å²) in [6.07, 6.45) is 4.91. The van der Waals surface area contributed by atoms with Crippen LogP contribution in [0.1, 0.15) is 64.4 Å². The molecule has 4 nitrogen and oxygen atoms in total. The molecule has 0 spiro atoms. The van der Waals surface area contributed by atoms with Crippen LogP contribution in [-0.2, 0) is 9.59 Å². The molecule has 126 valence electrons. The number of amides is 2. The Bertz CT molecular complexity index is 548. The normalized spacial score (nSPS) is 15.0. The highest BCUT2D eigenvalue weighted by molar-refractivity contribution is 5.93. The Morgan fingerprint density at radius 1 is 1.22 bits per heavy atom. The molecule has 0 heterocycles. The van der Waals surface area contributed by atoms with Crippen LogP contribution < -0.4 is 10.2 Å². The number of benzene rings is 1. The lowest BCUT2D eigenvalue weighted by atomic mass is 10.0. The molecule has 0 atom stereocenters. The summed E-state index contributed by atoms with van der Waals surface area (Å²) in [6, 6.07) is 8.27. The van der Waals surface area contributed by atoms with Crippen molar-refractivity contribution in [2.24, 2.45) is 0 Å². The Hall–Kier alpha value is -1.84. The summed E-state index contributed by atoms with van der Waals surface area (Å²) in [5.41, 5.74) is 2.06. The van der Waals surface area contributed by atoms with Gasteiger partial charge in [-0.1, -0.05) is 44.9 Å². The molecule has 1 saturated carbocycles. The zero-order valence-corrected chi connectivity index (χ0v) is 14.5. The summed E-state index contributed by atoms with van der Waals surface area (Å²) >= 11 is 0. The fraction of sp³-hybridized carbons (Fsp3) is 0.579. The zero-order chi connectivity index (χ0) is 16.8. The minimum absolute atomic E-state index is 0.0215. The number of carbonyl (C=O) groups is 2. The number of nitrogens with one attached hydrogen (secondary N) is 1. The number of nitrogens with zero attached hydrogens (tertiary/aromatic N) is 1. The van der Waals surface area contributed by atoms with Crippen LogP contribution in [0.4, 0.5) is 5.69 Å². The molecular weight excluding hydrogens is 288 g/mol. The van der Waals surface area contributed by atoms with Gasteiger partial charge in [0.15, 0.2) is 0 Å². The van der Waals surface area contributed by atoms with E-state index in [1.807, 2.05) is 18.2 Å². The first-order chi connectivity index (χ1) is 11.0. The molecule has 0 saturated heterocycles. The number of anilines is 1. The van der Waals surface area contributed by atoms with E-state index in [1.165, 1.54) is 12.8 Å². The minimum Gasteiger partial charge on any atom is -0.353 e. The van der Waals surface area contributed by atoms with Crippen LogP contribution >= 0.6 is 0 Å². The zero-order valence-electron chi connectivity index (χ0n) is 14.5. The van der Waals surface area contributed by atoms with Crippen molar-refractivity contribution in [1.82, 2.24) is 5.32 Å². The predicted molar refractivity (Wildman–Crippen MR) is 93.6 cm³/mol. The van der Waals surface area contributed by atoms with Gasteiger partial charge in [0.2, 0.25) is 11.8 Å². The van der Waals surface area contributed by atoms with E-state index in [2.05, 4.69) is 25.2 Å². The first-order valence-corrected chi connectivity index (χ1v) is 8.65. The molecule has 2 amide bonds. The van der Waals surface area contributed by atoms with E-state index in [0.717, 1.165) is 24.1 Å². The Kier molecular flexibility index (Phi) is 6.20. The van der Waals surface area contributed by atoms with Crippen LogP contribution in [0, 0.1) is 0 Å². The van der Waals surface area contributed by atoms with Crippen LogP contribution in [0.15, 0.2) is 24.3 Å². The second-order valence-electron chi connectivity index (χ2n) is 6.68. The average molecular weight is 316 g/mol. The summed E-state index contributed by atoms with van der Waals surface area (Å²) in [5.74, 6) is 0.359. The maximum absolute atomic E-state index is 12.1. The van der Waals surface area contributed by atoms with Crippen LogP contribution in [0.3, 0.4) is 0 Å². The number of hydrogen-bond donors (Lipinski definition) is 1. The highest BCUT2D eigenvalue weighted by atomic mass is 16.2. The molecule has 1 aromatic carbocycles. The Labute approximate surface area is 139 Å². The molecule has 0 radical (unpaired) electrons. The van der Waals surface area contributed by atoms with Crippen molar-refractivity contribution in [3.63, 3.8) is 0 Å². The smallest absolute Gasteiger partial charge is 0.223 e. The van der Waals surface area contributed by atoms with Gasteiger partial charge in [0, 0.05) is 31.6 Å². The second-order valence-corrected chi connectivity index (χ2v) is 6.68. The van der Waals surface area contributed by atoms with E-state index < -0.39 is 0 Å². The fourth-order valence-corrected chi connectivity index (χ4v) is 3.25. The quantitative estimate of drug-likeness (QED) is 0.871. The maximum Gasteiger partial charge on any atom is 0.223 e. The minimum atomic E-state index is -0.0215. The van der Waals surface area contributed by atoms with Gasteiger partial charge >= 0.3 is 0 Å². The molecule has 0 aromatic heterocycles. The third-order valence-electron chi connectivity index (χ3n) is 4.51. The maximum atomic E-state index is 12.1. The highest BCUT2D eigenvalue weighted by Gasteiger charge is 2.20. The second kappa shape index (κ2) is 8.14. The summed E-state index contributed by atoms with van der Waals surface area (Å²) in [5, 5.41) is 3.09. The van der Waals surface area contributed by atoms with Crippen molar-refractivity contribution in [1.29, 1.82) is 0 Å². The topological polar surface area (TPSA) is 49.4 Å². The summed E-state index contributed by atoms with van der Waals surface area (Å²) in [7, 11) is 0. The van der Waals surface area contributed by atoms with Gasteiger partial charge in [-0.05, 0) is 30.4 Å². The predicted octanol–water partition coefficient (Wildman–Crippen LogP) is 3.61. The van der Waals surface area contributed by atoms with Gasteiger partial charge < -0.3 is 10.2 Å². The molecule has 23 heavy (non-hydrogen) atoms. The molecule has 4 heteroatoms. The van der Waals surface area contributed by atoms with Crippen molar-refractivity contribution in [2.45, 2.75) is 64.8 Å². The fourth-order valence-electron chi connectivity index (χ4n) is 3.25. The molecule has 1 fully saturated rings. The average Bonchev–Trinajstić information content (AvgIpc) is 3.00. The summed E-state index contributed by atoms with van der Waals surface area (Å²) in [6.45, 7) is 6.22. The molecule has 1 aliphatic carbocycles. The van der Waals surface area contributed by atoms with Crippen LogP contribution in [0.25, 0.3) is 0 Å². The Morgan fingerprint density at radius 3 is 2.48 bits per heavy atom. The number of rotatable bonds is 6. The van der Waals surface area contributed by atoms with E-state index in [-0.39, 0.29) is 11.8 Å². The standard InChI is InChI=1S/C19H28N2O2/c1-14(2)17-10-6-7-11-18(17)21(15(3)22)13-12-19(23)20-16-8-4-5-9-16/h6-7,10-11,14,16H,4-5,8-9,12-13H2,1-3H3,(H,20,23). The van der Waals surface area contributed by atoms with Gasteiger partial charge in [0.1, 0.15) is 0 Å². The van der Waals surface area contributed by atoms with Crippen molar-refractivity contribution < 1.29 is 9.59 Å². The van der Waals surface area contributed by atoms with Gasteiger partial charge in [-0.25, -0.2) is 0 Å². The molecular formula is C19H28N2O2. The summed E-state index contributed by atoms with van der Waals surface area (Å²) < 4.78 is 0. The monoisotopic (exact) mass is 316 g/mol. The van der Waals surface area contributed by atoms with E-state index in [9.17, 15) is 9.59 Å². The van der Waals surface area contributed by atoms with Gasteiger partial charge in [0.25, 0.3) is 0 Å². The van der Waals surface area contributed by atoms with Crippen LogP contribution in [0.5, 0.6) is 0 Å². The molecule has 2 rings (SSSR count). The highest BCUT2D eigenvalue weighted by Crippen LogP contribution is 2.27. The molecule has 0 aliphatic heterocycles. The number of hydrogen-bond acceptors (Lipinski definition) is 2. The molecule has 1 aromatic rings. The van der Waals surface area contributed by atoms with Gasteiger partial charge in [-0.3, -0.25) is 9.59 Å². The van der Waals surface area contributed by atoms with Gasteiger partial charge in [0.05, 0.1) is 0 Å². The van der Waals surface area contributed by atoms with E-state index >= 15 is 0 Å². The lowest BCUT2D eigenvalue weighted by Crippen LogP contribution is -2.37. The summed E-state index contributed by atoms with van der Waals surface area (Å²) in [4.78, 5) is 25.9. The van der Waals surface area contributed by atoms with E-state index in [1.54, 1.807) is 11.8 Å². The third kappa shape index (κ3) is 4.81. The van der Waals surface area contributed by atoms with Crippen LogP contribution in [0.2, 0.25) is 0 Å². The lowest BCUT2D eigenvalue weighted by Gasteiger charge is -2.25. The first kappa shape index (κ1) is 17.5. The number of para-hydroxylation sites is 1. The Morgan fingerprint density at radius 2 is 1.87 bits per heavy atom. The van der Waals surface area contributed by atoms with E-state index in [4.69, 9.17) is 0 Å². The van der Waals surface area contributed by atoms with Crippen molar-refractivity contribution >= 4 is 17.5 Å². The van der Waals surface area contributed by atoms with Gasteiger partial charge in [-0.15, -0.1) is 0 Å². The van der Waals surface area contributed by atoms with E-state index in [0.29, 0.717) is 24.9 Å². The van der Waals surface area contributed by atoms with Crippen molar-refractivity contribution in [3.05, 3.63) is 29.8 Å². The van der Waals surface area contributed by atoms with Crippen molar-refractivity contribution in [3.8, 4) is 0 Å². The largest absolute Gasteiger partial charge is 0.353 e. The molecule has 1 aliphatic rings. The van der Waals surface area contributed by atoms with Crippen LogP contribution in [-0.4, -0.2) is 24.4 Å². The van der Waals surface area contributed by atoms with Crippen molar-refractivity contribution in [2.75, 3.05) is 11.4 Å². The van der Waals surface area contributed by atoms with Gasteiger partial charge in [-0.2, -0.15) is 0 Å². The Balaban J connectivity index is 2.01. The first-order valence-electron chi connectivity index (χ1n) is 8.65. The molecule has 0 bridgehead atoms. The molecule has 0 unspecified atom stereocenters. The lowest BCUT2D eigenvalue weighted by molar-refractivity contribution is -0.121. The SMILES string of the molecule is CC(=O)N(CCC(=O)NC1CCCC1)c1ccccc1C(C)C.